The molecule has 4 rings (SSSR count). The van der Waals surface area contributed by atoms with Crippen LogP contribution in [0.25, 0.3) is 0 Å². The monoisotopic (exact) mass is 711 g/mol. The van der Waals surface area contributed by atoms with Crippen LogP contribution in [-0.2, 0) is 30.5 Å². The highest BCUT2D eigenvalue weighted by atomic mass is 19.1. The number of rotatable bonds is 10. The Morgan fingerprint density at radius 3 is 2.22 bits per heavy atom. The number of nitrogens with one attached hydrogen (secondary N) is 2. The molecule has 0 aromatic heterocycles. The Kier molecular flexibility index (Phi) is 12.2. The molecule has 2 saturated heterocycles. The highest BCUT2D eigenvalue weighted by Crippen LogP contribution is 2.36. The number of carbonyl (C=O) groups is 5. The Morgan fingerprint density at radius 1 is 0.961 bits per heavy atom. The van der Waals surface area contributed by atoms with Crippen LogP contribution in [0.3, 0.4) is 0 Å². The molecule has 0 radical (unpaired) electrons. The number of hydrogen-bond acceptors (Lipinski definition) is 8. The van der Waals surface area contributed by atoms with Gasteiger partial charge in [-0.2, -0.15) is 0 Å². The first kappa shape index (κ1) is 38.9. The molecule has 13 nitrogen and oxygen atoms in total. The minimum Gasteiger partial charge on any atom is -0.486 e. The number of carbonyl (C=O) groups excluding carboxylic acids is 5. The average Bonchev–Trinajstić information content (AvgIpc) is 3.65. The van der Waals surface area contributed by atoms with Gasteiger partial charge in [-0.25, -0.2) is 14.0 Å². The number of halogens is 1. The second-order valence-electron chi connectivity index (χ2n) is 15.0. The third-order valence-corrected chi connectivity index (χ3v) is 8.92. The molecule has 2 aromatic carbocycles. The van der Waals surface area contributed by atoms with Crippen molar-refractivity contribution >= 4 is 29.9 Å². The third kappa shape index (κ3) is 10.1. The second kappa shape index (κ2) is 16.0. The van der Waals surface area contributed by atoms with E-state index in [1.807, 2.05) is 51.1 Å². The first-order chi connectivity index (χ1) is 23.9. The molecule has 51 heavy (non-hydrogen) atoms. The Bertz CT molecular complexity index is 1560. The van der Waals surface area contributed by atoms with Crippen molar-refractivity contribution in [2.75, 3.05) is 26.7 Å². The van der Waals surface area contributed by atoms with Gasteiger partial charge in [0.05, 0.1) is 18.6 Å². The van der Waals surface area contributed by atoms with Gasteiger partial charge in [-0.05, 0) is 69.4 Å². The zero-order valence-electron chi connectivity index (χ0n) is 30.6. The van der Waals surface area contributed by atoms with Crippen LogP contribution in [0.5, 0.6) is 5.75 Å². The first-order valence-electron chi connectivity index (χ1n) is 17.1. The average molecular weight is 712 g/mol. The van der Waals surface area contributed by atoms with Gasteiger partial charge in [0, 0.05) is 13.6 Å². The van der Waals surface area contributed by atoms with E-state index < -0.39 is 65.2 Å². The molecule has 2 aliphatic rings. The fraction of sp³-hybridized carbons (Fsp3) is 0.541. The fourth-order valence-electron chi connectivity index (χ4n) is 6.16. The highest BCUT2D eigenvalue weighted by Gasteiger charge is 2.54. The van der Waals surface area contributed by atoms with Crippen LogP contribution < -0.4 is 15.4 Å². The van der Waals surface area contributed by atoms with E-state index in [9.17, 15) is 28.4 Å². The Hall–Kier alpha value is -4.88. The van der Waals surface area contributed by atoms with E-state index in [1.165, 1.54) is 36.2 Å². The van der Waals surface area contributed by atoms with Crippen molar-refractivity contribution in [1.82, 2.24) is 25.3 Å². The smallest absolute Gasteiger partial charge is 0.410 e. The molecule has 2 aliphatic heterocycles. The SMILES string of the molecule is C[C@@H](C(=O)NC(C(=O)N1CC[C@@H]2[C@H]1[C@@H](Oc1ccc(F)cc1)CN2C(=O)CNC(=O)OC(C)(C)C)C(C)(C)C)N(C)C(=O)OCc1ccccc1. The van der Waals surface area contributed by atoms with Crippen LogP contribution in [0.4, 0.5) is 14.0 Å². The molecule has 0 bridgehead atoms. The van der Waals surface area contributed by atoms with Crippen molar-refractivity contribution in [3.8, 4) is 5.75 Å². The molecule has 2 N–H and O–H groups in total. The fourth-order valence-corrected chi connectivity index (χ4v) is 6.16. The summed E-state index contributed by atoms with van der Waals surface area (Å²) in [6.07, 6.45) is -1.70. The van der Waals surface area contributed by atoms with Crippen molar-refractivity contribution in [2.45, 2.75) is 97.4 Å². The van der Waals surface area contributed by atoms with E-state index in [1.54, 1.807) is 37.5 Å². The zero-order valence-corrected chi connectivity index (χ0v) is 30.6. The second-order valence-corrected chi connectivity index (χ2v) is 15.0. The summed E-state index contributed by atoms with van der Waals surface area (Å²) >= 11 is 0. The van der Waals surface area contributed by atoms with Gasteiger partial charge in [0.25, 0.3) is 0 Å². The van der Waals surface area contributed by atoms with E-state index in [4.69, 9.17) is 14.2 Å². The summed E-state index contributed by atoms with van der Waals surface area (Å²) in [5, 5.41) is 5.38. The van der Waals surface area contributed by atoms with Crippen LogP contribution in [0.1, 0.15) is 60.5 Å². The van der Waals surface area contributed by atoms with Crippen LogP contribution in [-0.4, -0.2) is 107 Å². The van der Waals surface area contributed by atoms with Gasteiger partial charge in [0.1, 0.15) is 48.5 Å². The summed E-state index contributed by atoms with van der Waals surface area (Å²) in [5.74, 6) is -1.39. The zero-order chi connectivity index (χ0) is 37.7. The van der Waals surface area contributed by atoms with E-state index in [0.717, 1.165) is 5.56 Å². The maximum absolute atomic E-state index is 14.4. The van der Waals surface area contributed by atoms with E-state index in [0.29, 0.717) is 12.2 Å². The van der Waals surface area contributed by atoms with Crippen molar-refractivity contribution in [2.24, 2.45) is 5.41 Å². The summed E-state index contributed by atoms with van der Waals surface area (Å²) in [7, 11) is 1.45. The summed E-state index contributed by atoms with van der Waals surface area (Å²) in [5.41, 5.74) is -0.702. The van der Waals surface area contributed by atoms with Gasteiger partial charge in [-0.1, -0.05) is 51.1 Å². The predicted molar refractivity (Wildman–Crippen MR) is 186 cm³/mol. The third-order valence-electron chi connectivity index (χ3n) is 8.92. The van der Waals surface area contributed by atoms with Crippen molar-refractivity contribution in [3.63, 3.8) is 0 Å². The molecule has 2 aromatic rings. The molecule has 0 saturated carbocycles. The lowest BCUT2D eigenvalue weighted by Gasteiger charge is -2.37. The minimum atomic E-state index is -1.01. The van der Waals surface area contributed by atoms with Gasteiger partial charge in [-0.3, -0.25) is 19.3 Å². The normalized spacial score (nSPS) is 19.7. The van der Waals surface area contributed by atoms with Crippen LogP contribution in [0.15, 0.2) is 54.6 Å². The lowest BCUT2D eigenvalue weighted by molar-refractivity contribution is -0.142. The van der Waals surface area contributed by atoms with Crippen LogP contribution in [0, 0.1) is 11.2 Å². The summed E-state index contributed by atoms with van der Waals surface area (Å²) in [4.78, 5) is 71.0. The topological polar surface area (TPSA) is 147 Å². The van der Waals surface area contributed by atoms with Gasteiger partial charge >= 0.3 is 12.2 Å². The summed E-state index contributed by atoms with van der Waals surface area (Å²) in [6, 6.07) is 11.6. The van der Waals surface area contributed by atoms with Gasteiger partial charge in [-0.15, -0.1) is 0 Å². The van der Waals surface area contributed by atoms with Crippen LogP contribution >= 0.6 is 0 Å². The number of nitrogens with zero attached hydrogens (tertiary/aromatic N) is 3. The van der Waals surface area contributed by atoms with Crippen LogP contribution in [0.2, 0.25) is 0 Å². The molecule has 2 fully saturated rings. The quantitative estimate of drug-likeness (QED) is 0.375. The van der Waals surface area contributed by atoms with Crippen molar-refractivity contribution < 1.29 is 42.6 Å². The standard InChI is InChI=1S/C37H50FN5O8/c1-23(41(8)35(48)49-22-24-12-10-9-11-13-24)32(45)40-31(36(2,3)4)33(46)42-19-18-27-30(42)28(50-26-16-14-25(38)15-17-26)21-43(27)29(44)20-39-34(47)51-37(5,6)7/h9-17,23,27-28,30-31H,18-22H2,1-8H3,(H,39,47)(H,40,45)/t23-,27+,28-,30-,31?/m0/s1. The minimum absolute atomic E-state index is 0.0384. The number of likely N-dealkylation sites (tertiary alicyclic amines) is 2. The Labute approximate surface area is 298 Å². The molecule has 5 atom stereocenters. The maximum atomic E-state index is 14.4. The van der Waals surface area contributed by atoms with E-state index in [2.05, 4.69) is 10.6 Å². The number of likely N-dealkylation sites (N-methyl/N-ethyl adjacent to an activating group) is 1. The molecule has 5 amide bonds. The molecule has 278 valence electrons. The van der Waals surface area contributed by atoms with Gasteiger partial charge in [0.2, 0.25) is 17.7 Å². The molecule has 2 heterocycles. The number of hydrogen-bond donors (Lipinski definition) is 2. The number of amides is 5. The van der Waals surface area contributed by atoms with Crippen molar-refractivity contribution in [1.29, 1.82) is 0 Å². The largest absolute Gasteiger partial charge is 0.486 e. The Balaban J connectivity index is 1.50. The van der Waals surface area contributed by atoms with Gasteiger partial charge in [0.15, 0.2) is 0 Å². The van der Waals surface area contributed by atoms with E-state index in [-0.39, 0.29) is 38.1 Å². The van der Waals surface area contributed by atoms with E-state index >= 15 is 0 Å². The molecular formula is C37H50FN5O8. The first-order valence-corrected chi connectivity index (χ1v) is 17.1. The molecule has 14 heteroatoms. The van der Waals surface area contributed by atoms with Gasteiger partial charge < -0.3 is 34.6 Å². The number of alkyl carbamates (subject to hydrolysis) is 1. The highest BCUT2D eigenvalue weighted by molar-refractivity contribution is 5.92. The number of benzene rings is 2. The lowest BCUT2D eigenvalue weighted by atomic mass is 9.85. The summed E-state index contributed by atoms with van der Waals surface area (Å²) < 4.78 is 30.6. The maximum Gasteiger partial charge on any atom is 0.410 e. The predicted octanol–water partition coefficient (Wildman–Crippen LogP) is 4.10. The molecule has 0 spiro atoms. The number of ether oxygens (including phenoxy) is 3. The number of fused-ring (bicyclic) bond motifs is 1. The van der Waals surface area contributed by atoms with Crippen molar-refractivity contribution in [3.05, 3.63) is 66.0 Å². The Morgan fingerprint density at radius 2 is 1.61 bits per heavy atom. The summed E-state index contributed by atoms with van der Waals surface area (Å²) in [6.45, 7) is 12.3. The molecule has 0 aliphatic carbocycles. The molecular weight excluding hydrogens is 661 g/mol. The molecule has 1 unspecified atom stereocenters. The lowest BCUT2D eigenvalue weighted by Crippen LogP contribution is -2.60.